The minimum absolute atomic E-state index is 0.0313. The Morgan fingerprint density at radius 3 is 2.44 bits per heavy atom. The van der Waals surface area contributed by atoms with Crippen LogP contribution in [0.4, 0.5) is 10.1 Å². The monoisotopic (exact) mass is 531 g/mol. The Kier molecular flexibility index (Phi) is 10.1. The molecule has 0 saturated heterocycles. The molecule has 0 saturated carbocycles. The maximum Gasteiger partial charge on any atom is 0.244 e. The van der Waals surface area contributed by atoms with Gasteiger partial charge in [0.1, 0.15) is 18.4 Å². The Morgan fingerprint density at radius 1 is 1.15 bits per heavy atom. The third-order valence-corrected chi connectivity index (χ3v) is 6.77. The quantitative estimate of drug-likeness (QED) is 0.439. The highest BCUT2D eigenvalue weighted by Crippen LogP contribution is 2.25. The molecular formula is C23H28Cl2FN3O4S. The van der Waals surface area contributed by atoms with Crippen LogP contribution in [-0.2, 0) is 26.2 Å². The van der Waals surface area contributed by atoms with E-state index in [1.54, 1.807) is 31.2 Å². The molecule has 0 aliphatic rings. The minimum atomic E-state index is -3.94. The van der Waals surface area contributed by atoms with Crippen LogP contribution in [0.3, 0.4) is 0 Å². The van der Waals surface area contributed by atoms with Crippen LogP contribution < -0.4 is 9.62 Å². The van der Waals surface area contributed by atoms with Crippen LogP contribution in [0.2, 0.25) is 10.0 Å². The molecule has 0 spiro atoms. The van der Waals surface area contributed by atoms with Crippen molar-refractivity contribution in [3.63, 3.8) is 0 Å². The van der Waals surface area contributed by atoms with Crippen molar-refractivity contribution in [1.82, 2.24) is 10.2 Å². The van der Waals surface area contributed by atoms with Crippen molar-refractivity contribution in [1.29, 1.82) is 0 Å². The third kappa shape index (κ3) is 7.85. The van der Waals surface area contributed by atoms with Gasteiger partial charge in [-0.2, -0.15) is 0 Å². The Balaban J connectivity index is 2.37. The maximum atomic E-state index is 13.6. The van der Waals surface area contributed by atoms with Crippen LogP contribution in [0, 0.1) is 5.82 Å². The summed E-state index contributed by atoms with van der Waals surface area (Å²) in [6.45, 7) is 3.45. The summed E-state index contributed by atoms with van der Waals surface area (Å²) in [5, 5.41) is 2.98. The minimum Gasteiger partial charge on any atom is -0.354 e. The number of halogens is 3. The second-order valence-electron chi connectivity index (χ2n) is 7.84. The number of benzene rings is 2. The Labute approximate surface area is 209 Å². The lowest BCUT2D eigenvalue weighted by Crippen LogP contribution is -2.51. The first kappa shape index (κ1) is 27.9. The van der Waals surface area contributed by atoms with Crippen LogP contribution >= 0.6 is 23.2 Å². The molecule has 0 aromatic heterocycles. The maximum absolute atomic E-state index is 13.6. The van der Waals surface area contributed by atoms with Gasteiger partial charge in [0.15, 0.2) is 0 Å². The zero-order valence-corrected chi connectivity index (χ0v) is 21.6. The molecule has 0 radical (unpaired) electrons. The number of anilines is 1. The van der Waals surface area contributed by atoms with Gasteiger partial charge in [-0.25, -0.2) is 12.8 Å². The van der Waals surface area contributed by atoms with E-state index in [0.29, 0.717) is 17.1 Å². The molecule has 0 heterocycles. The summed E-state index contributed by atoms with van der Waals surface area (Å²) in [6.07, 6.45) is 2.61. The molecule has 0 aliphatic carbocycles. The number of unbranched alkanes of at least 4 members (excludes halogenated alkanes) is 1. The van der Waals surface area contributed by atoms with E-state index in [0.717, 1.165) is 35.5 Å². The van der Waals surface area contributed by atoms with Gasteiger partial charge in [0.2, 0.25) is 21.8 Å². The summed E-state index contributed by atoms with van der Waals surface area (Å²) >= 11 is 11.9. The fourth-order valence-electron chi connectivity index (χ4n) is 3.20. The molecule has 1 atom stereocenters. The highest BCUT2D eigenvalue weighted by Gasteiger charge is 2.30. The van der Waals surface area contributed by atoms with Gasteiger partial charge >= 0.3 is 0 Å². The van der Waals surface area contributed by atoms with Crippen molar-refractivity contribution in [3.8, 4) is 0 Å². The second-order valence-corrected chi connectivity index (χ2v) is 10.6. The first-order valence-corrected chi connectivity index (χ1v) is 13.3. The van der Waals surface area contributed by atoms with E-state index in [1.807, 2.05) is 6.92 Å². The average Bonchev–Trinajstić information content (AvgIpc) is 2.76. The number of hydrogen-bond donors (Lipinski definition) is 1. The fraction of sp³-hybridized carbons (Fsp3) is 0.391. The molecule has 0 aliphatic heterocycles. The summed E-state index contributed by atoms with van der Waals surface area (Å²) in [5.74, 6) is -1.70. The third-order valence-electron chi connectivity index (χ3n) is 5.11. The summed E-state index contributed by atoms with van der Waals surface area (Å²) in [5.41, 5.74) is 0.704. The molecule has 186 valence electrons. The number of sulfonamides is 1. The molecule has 34 heavy (non-hydrogen) atoms. The smallest absolute Gasteiger partial charge is 0.244 e. The lowest BCUT2D eigenvalue weighted by atomic mass is 10.1. The van der Waals surface area contributed by atoms with Gasteiger partial charge in [0.05, 0.1) is 17.0 Å². The van der Waals surface area contributed by atoms with E-state index in [2.05, 4.69) is 5.32 Å². The van der Waals surface area contributed by atoms with E-state index < -0.39 is 34.3 Å². The number of nitrogens with one attached hydrogen (secondary N) is 1. The summed E-state index contributed by atoms with van der Waals surface area (Å²) in [7, 11) is -3.94. The average molecular weight is 532 g/mol. The molecule has 2 rings (SSSR count). The molecule has 0 unspecified atom stereocenters. The molecule has 11 heteroatoms. The number of rotatable bonds is 11. The number of carbonyl (C=O) groups excluding carboxylic acids is 2. The van der Waals surface area contributed by atoms with Gasteiger partial charge in [-0.3, -0.25) is 13.9 Å². The van der Waals surface area contributed by atoms with Gasteiger partial charge in [0, 0.05) is 18.1 Å². The topological polar surface area (TPSA) is 86.8 Å². The number of amides is 2. The second kappa shape index (κ2) is 12.4. The zero-order chi connectivity index (χ0) is 25.5. The molecule has 2 amide bonds. The van der Waals surface area contributed by atoms with E-state index >= 15 is 0 Å². The van der Waals surface area contributed by atoms with E-state index in [9.17, 15) is 22.4 Å². The predicted octanol–water partition coefficient (Wildman–Crippen LogP) is 4.23. The van der Waals surface area contributed by atoms with E-state index in [1.165, 1.54) is 11.0 Å². The lowest BCUT2D eigenvalue weighted by Gasteiger charge is -2.31. The number of hydrogen-bond acceptors (Lipinski definition) is 4. The molecule has 0 fully saturated rings. The predicted molar refractivity (Wildman–Crippen MR) is 133 cm³/mol. The highest BCUT2D eigenvalue weighted by atomic mass is 35.5. The fourth-order valence-corrected chi connectivity index (χ4v) is 4.43. The molecule has 7 nitrogen and oxygen atoms in total. The van der Waals surface area contributed by atoms with Crippen molar-refractivity contribution in [3.05, 3.63) is 63.9 Å². The van der Waals surface area contributed by atoms with Gasteiger partial charge in [-0.1, -0.05) is 48.7 Å². The van der Waals surface area contributed by atoms with Crippen molar-refractivity contribution in [2.24, 2.45) is 0 Å². The lowest BCUT2D eigenvalue weighted by molar-refractivity contribution is -0.139. The SMILES string of the molecule is CCCCNC(=O)[C@H](C)N(Cc1cccc(Cl)c1)C(=O)CN(c1ccc(F)c(Cl)c1)S(C)(=O)=O. The molecule has 0 bridgehead atoms. The Bertz CT molecular complexity index is 1130. The molecule has 2 aromatic rings. The molecule has 2 aromatic carbocycles. The standard InChI is InChI=1S/C23H28Cl2FN3O4S/c1-4-5-11-27-23(31)16(2)28(14-17-7-6-8-18(24)12-17)22(30)15-29(34(3,32)33)19-9-10-21(26)20(25)13-19/h6-10,12-13,16H,4-5,11,14-15H2,1-3H3,(H,27,31)/t16-/m0/s1. The summed E-state index contributed by atoms with van der Waals surface area (Å²) < 4.78 is 39.4. The van der Waals surface area contributed by atoms with Crippen molar-refractivity contribution >= 4 is 50.7 Å². The van der Waals surface area contributed by atoms with Crippen LogP contribution in [-0.4, -0.2) is 50.5 Å². The van der Waals surface area contributed by atoms with Crippen molar-refractivity contribution in [2.75, 3.05) is 23.7 Å². The van der Waals surface area contributed by atoms with Crippen molar-refractivity contribution in [2.45, 2.75) is 39.3 Å². The van der Waals surface area contributed by atoms with Crippen LogP contribution in [0.1, 0.15) is 32.3 Å². The zero-order valence-electron chi connectivity index (χ0n) is 19.2. The first-order chi connectivity index (χ1) is 15.9. The Morgan fingerprint density at radius 2 is 1.85 bits per heavy atom. The molecule has 1 N–H and O–H groups in total. The summed E-state index contributed by atoms with van der Waals surface area (Å²) in [4.78, 5) is 27.4. The first-order valence-electron chi connectivity index (χ1n) is 10.7. The van der Waals surface area contributed by atoms with Crippen LogP contribution in [0.15, 0.2) is 42.5 Å². The van der Waals surface area contributed by atoms with E-state index in [-0.39, 0.29) is 23.2 Å². The number of carbonyl (C=O) groups is 2. The number of nitrogens with zero attached hydrogens (tertiary/aromatic N) is 2. The van der Waals surface area contributed by atoms with E-state index in [4.69, 9.17) is 23.2 Å². The molecular weight excluding hydrogens is 504 g/mol. The largest absolute Gasteiger partial charge is 0.354 e. The van der Waals surface area contributed by atoms with Gasteiger partial charge in [0.25, 0.3) is 0 Å². The van der Waals surface area contributed by atoms with Crippen LogP contribution in [0.25, 0.3) is 0 Å². The van der Waals surface area contributed by atoms with Crippen LogP contribution in [0.5, 0.6) is 0 Å². The Hall–Kier alpha value is -2.36. The normalized spacial score (nSPS) is 12.2. The van der Waals surface area contributed by atoms with Gasteiger partial charge in [-0.05, 0) is 49.2 Å². The van der Waals surface area contributed by atoms with Crippen molar-refractivity contribution < 1.29 is 22.4 Å². The highest BCUT2D eigenvalue weighted by molar-refractivity contribution is 7.92. The van der Waals surface area contributed by atoms with Gasteiger partial charge in [-0.15, -0.1) is 0 Å². The van der Waals surface area contributed by atoms with Gasteiger partial charge < -0.3 is 10.2 Å². The summed E-state index contributed by atoms with van der Waals surface area (Å²) in [6, 6.07) is 9.30.